The fourth-order valence-corrected chi connectivity index (χ4v) is 4.15. The van der Waals surface area contributed by atoms with Crippen LogP contribution in [0.5, 0.6) is 0 Å². The van der Waals surface area contributed by atoms with Crippen molar-refractivity contribution in [3.63, 3.8) is 0 Å². The Bertz CT molecular complexity index is 1130. The first-order chi connectivity index (χ1) is 15.8. The first-order valence-electron chi connectivity index (χ1n) is 10.7. The van der Waals surface area contributed by atoms with E-state index in [1.807, 2.05) is 62.6 Å². The fourth-order valence-electron chi connectivity index (χ4n) is 3.39. The number of amides is 2. The third-order valence-corrected chi connectivity index (χ3v) is 6.15. The van der Waals surface area contributed by atoms with Crippen molar-refractivity contribution in [2.75, 3.05) is 11.1 Å². The maximum Gasteiger partial charge on any atom is 0.251 e. The molecule has 3 rings (SSSR count). The molecule has 3 aromatic rings. The van der Waals surface area contributed by atoms with E-state index in [1.165, 1.54) is 11.8 Å². The number of carbonyl (C=O) groups is 2. The molecule has 0 bridgehead atoms. The number of allylic oxidation sites excluding steroid dienone is 1. The molecule has 7 nitrogen and oxygen atoms in total. The number of para-hydroxylation sites is 1. The van der Waals surface area contributed by atoms with Crippen molar-refractivity contribution in [2.24, 2.45) is 0 Å². The zero-order valence-corrected chi connectivity index (χ0v) is 20.2. The summed E-state index contributed by atoms with van der Waals surface area (Å²) in [5.41, 5.74) is 4.55. The fraction of sp³-hybridized carbons (Fsp3) is 0.280. The molecule has 2 aromatic carbocycles. The molecule has 1 aromatic heterocycles. The Hall–Kier alpha value is -3.39. The third kappa shape index (κ3) is 6.10. The van der Waals surface area contributed by atoms with Gasteiger partial charge < -0.3 is 15.2 Å². The molecule has 2 N–H and O–H groups in total. The zero-order chi connectivity index (χ0) is 24.0. The monoisotopic (exact) mass is 463 g/mol. The van der Waals surface area contributed by atoms with Crippen molar-refractivity contribution >= 4 is 29.3 Å². The summed E-state index contributed by atoms with van der Waals surface area (Å²) in [6, 6.07) is 12.9. The van der Waals surface area contributed by atoms with Crippen molar-refractivity contribution in [3.8, 4) is 0 Å². The molecular formula is C25H29N5O2S. The van der Waals surface area contributed by atoms with Crippen LogP contribution in [-0.4, -0.2) is 32.3 Å². The number of benzene rings is 2. The van der Waals surface area contributed by atoms with Crippen LogP contribution in [-0.2, 0) is 11.3 Å². The molecular weight excluding hydrogens is 434 g/mol. The van der Waals surface area contributed by atoms with Gasteiger partial charge in [-0.05, 0) is 51.0 Å². The second-order valence-corrected chi connectivity index (χ2v) is 8.85. The normalized spacial score (nSPS) is 11.6. The van der Waals surface area contributed by atoms with E-state index in [1.54, 1.807) is 18.2 Å². The Morgan fingerprint density at radius 1 is 1.09 bits per heavy atom. The minimum atomic E-state index is -0.371. The maximum absolute atomic E-state index is 12.6. The molecule has 172 valence electrons. The molecule has 0 saturated carbocycles. The predicted molar refractivity (Wildman–Crippen MR) is 133 cm³/mol. The number of carbonyl (C=O) groups excluding carboxylic acids is 2. The molecule has 2 amide bonds. The van der Waals surface area contributed by atoms with E-state index in [-0.39, 0.29) is 23.6 Å². The minimum absolute atomic E-state index is 0.118. The van der Waals surface area contributed by atoms with Crippen LogP contribution in [0.25, 0.3) is 0 Å². The van der Waals surface area contributed by atoms with Crippen LogP contribution < -0.4 is 10.6 Å². The van der Waals surface area contributed by atoms with Gasteiger partial charge in [0, 0.05) is 17.8 Å². The van der Waals surface area contributed by atoms with E-state index in [0.717, 1.165) is 22.4 Å². The lowest BCUT2D eigenvalue weighted by atomic mass is 10.1. The van der Waals surface area contributed by atoms with Gasteiger partial charge in [-0.25, -0.2) is 0 Å². The van der Waals surface area contributed by atoms with Crippen LogP contribution in [0.3, 0.4) is 0 Å². The van der Waals surface area contributed by atoms with Crippen LogP contribution in [0, 0.1) is 20.8 Å². The second kappa shape index (κ2) is 11.0. The van der Waals surface area contributed by atoms with Gasteiger partial charge in [-0.1, -0.05) is 53.7 Å². The highest BCUT2D eigenvalue weighted by Crippen LogP contribution is 2.23. The number of hydrogen-bond acceptors (Lipinski definition) is 5. The van der Waals surface area contributed by atoms with Gasteiger partial charge >= 0.3 is 0 Å². The second-order valence-electron chi connectivity index (χ2n) is 7.90. The summed E-state index contributed by atoms with van der Waals surface area (Å²) in [6.07, 6.45) is 1.74. The number of nitrogens with zero attached hydrogens (tertiary/aromatic N) is 3. The number of aryl methyl sites for hydroxylation is 3. The van der Waals surface area contributed by atoms with Crippen molar-refractivity contribution in [2.45, 2.75) is 45.4 Å². The Labute approximate surface area is 198 Å². The number of anilines is 1. The first-order valence-corrected chi connectivity index (χ1v) is 11.7. The summed E-state index contributed by atoms with van der Waals surface area (Å²) in [6.45, 7) is 12.0. The molecule has 0 radical (unpaired) electrons. The zero-order valence-electron chi connectivity index (χ0n) is 19.4. The molecule has 0 aliphatic heterocycles. The largest absolute Gasteiger partial charge is 0.342 e. The molecule has 33 heavy (non-hydrogen) atoms. The number of rotatable bonds is 9. The van der Waals surface area contributed by atoms with Gasteiger partial charge in [-0.2, -0.15) is 0 Å². The van der Waals surface area contributed by atoms with Gasteiger partial charge in [-0.3, -0.25) is 9.59 Å². The van der Waals surface area contributed by atoms with E-state index in [4.69, 9.17) is 0 Å². The van der Waals surface area contributed by atoms with Crippen LogP contribution in [0.2, 0.25) is 0 Å². The van der Waals surface area contributed by atoms with Gasteiger partial charge in [0.25, 0.3) is 5.91 Å². The minimum Gasteiger partial charge on any atom is -0.342 e. The van der Waals surface area contributed by atoms with Crippen molar-refractivity contribution in [3.05, 3.63) is 83.2 Å². The molecule has 8 heteroatoms. The standard InChI is InChI=1S/C25H29N5O2S/c1-6-14-30-23(19(5)26-24(32)20-12-10-16(2)11-13-20)28-29-25(30)33-15-21(31)27-22-17(3)8-7-9-18(22)4/h6-13,19H,1,14-15H2,2-5H3,(H,26,32)(H,27,31)/t19-/m1/s1. The topological polar surface area (TPSA) is 88.9 Å². The third-order valence-electron chi connectivity index (χ3n) is 5.18. The van der Waals surface area contributed by atoms with E-state index in [9.17, 15) is 9.59 Å². The number of thioether (sulfide) groups is 1. The quantitative estimate of drug-likeness (QED) is 0.357. The van der Waals surface area contributed by atoms with Crippen LogP contribution in [0.1, 0.15) is 45.8 Å². The van der Waals surface area contributed by atoms with E-state index >= 15 is 0 Å². The van der Waals surface area contributed by atoms with Crippen molar-refractivity contribution in [1.82, 2.24) is 20.1 Å². The summed E-state index contributed by atoms with van der Waals surface area (Å²) < 4.78 is 1.87. The van der Waals surface area contributed by atoms with E-state index in [0.29, 0.717) is 23.1 Å². The Morgan fingerprint density at radius 2 is 1.76 bits per heavy atom. The highest BCUT2D eigenvalue weighted by Gasteiger charge is 2.20. The lowest BCUT2D eigenvalue weighted by molar-refractivity contribution is -0.113. The Balaban J connectivity index is 1.68. The molecule has 0 unspecified atom stereocenters. The van der Waals surface area contributed by atoms with Gasteiger partial charge in [0.2, 0.25) is 5.91 Å². The predicted octanol–water partition coefficient (Wildman–Crippen LogP) is 4.61. The molecule has 0 aliphatic carbocycles. The van der Waals surface area contributed by atoms with Gasteiger partial charge in [0.1, 0.15) is 0 Å². The lowest BCUT2D eigenvalue weighted by Gasteiger charge is -2.15. The summed E-state index contributed by atoms with van der Waals surface area (Å²) in [4.78, 5) is 25.2. The first kappa shape index (κ1) is 24.3. The van der Waals surface area contributed by atoms with E-state index < -0.39 is 0 Å². The smallest absolute Gasteiger partial charge is 0.251 e. The molecule has 1 atom stereocenters. The SMILES string of the molecule is C=CCn1c(SCC(=O)Nc2c(C)cccc2C)nnc1[C@@H](C)NC(=O)c1ccc(C)cc1. The molecule has 0 spiro atoms. The number of aromatic nitrogens is 3. The lowest BCUT2D eigenvalue weighted by Crippen LogP contribution is -2.28. The number of hydrogen-bond donors (Lipinski definition) is 2. The van der Waals surface area contributed by atoms with Gasteiger partial charge in [-0.15, -0.1) is 16.8 Å². The van der Waals surface area contributed by atoms with Crippen LogP contribution in [0.15, 0.2) is 60.3 Å². The summed E-state index contributed by atoms with van der Waals surface area (Å²) in [7, 11) is 0. The molecule has 0 aliphatic rings. The Kier molecular flexibility index (Phi) is 8.06. The summed E-state index contributed by atoms with van der Waals surface area (Å²) >= 11 is 1.30. The maximum atomic E-state index is 12.6. The molecule has 0 fully saturated rings. The Morgan fingerprint density at radius 3 is 2.39 bits per heavy atom. The highest BCUT2D eigenvalue weighted by atomic mass is 32.2. The molecule has 0 saturated heterocycles. The van der Waals surface area contributed by atoms with Gasteiger partial charge in [0.05, 0.1) is 11.8 Å². The van der Waals surface area contributed by atoms with Crippen molar-refractivity contribution < 1.29 is 9.59 Å². The highest BCUT2D eigenvalue weighted by molar-refractivity contribution is 7.99. The van der Waals surface area contributed by atoms with Crippen LogP contribution >= 0.6 is 11.8 Å². The average Bonchev–Trinajstić information content (AvgIpc) is 3.18. The average molecular weight is 464 g/mol. The summed E-state index contributed by atoms with van der Waals surface area (Å²) in [5, 5.41) is 15.1. The van der Waals surface area contributed by atoms with Gasteiger partial charge in [0.15, 0.2) is 11.0 Å². The van der Waals surface area contributed by atoms with E-state index in [2.05, 4.69) is 27.4 Å². The van der Waals surface area contributed by atoms with Crippen LogP contribution in [0.4, 0.5) is 5.69 Å². The summed E-state index contributed by atoms with van der Waals surface area (Å²) in [5.74, 6) is 0.492. The molecule has 1 heterocycles. The van der Waals surface area contributed by atoms with Crippen molar-refractivity contribution in [1.29, 1.82) is 0 Å². The number of nitrogens with one attached hydrogen (secondary N) is 2.